The second-order valence-electron chi connectivity index (χ2n) is 7.11. The standard InChI is InChI=1S/C21H19F2N5O2S/c22-14-8-9-16(23)17(11-14)25-21(30)28-10-4-5-13(12-28)19-26-27-20(31-19)18(29)24-15-6-2-1-3-7-15/h1-3,6-9,11,13H,4-5,10,12H2,(H,24,29)(H,25,30). The van der Waals surface area contributed by atoms with Gasteiger partial charge in [-0.25, -0.2) is 13.6 Å². The molecule has 0 aliphatic carbocycles. The quantitative estimate of drug-likeness (QED) is 0.622. The Kier molecular flexibility index (Phi) is 6.17. The van der Waals surface area contributed by atoms with Gasteiger partial charge in [0.25, 0.3) is 5.91 Å². The van der Waals surface area contributed by atoms with Crippen LogP contribution in [0.5, 0.6) is 0 Å². The highest BCUT2D eigenvalue weighted by Crippen LogP contribution is 2.30. The summed E-state index contributed by atoms with van der Waals surface area (Å²) in [7, 11) is 0. The maximum absolute atomic E-state index is 13.8. The fourth-order valence-electron chi connectivity index (χ4n) is 3.35. The van der Waals surface area contributed by atoms with Crippen molar-refractivity contribution < 1.29 is 18.4 Å². The predicted molar refractivity (Wildman–Crippen MR) is 113 cm³/mol. The summed E-state index contributed by atoms with van der Waals surface area (Å²) >= 11 is 1.19. The van der Waals surface area contributed by atoms with E-state index in [4.69, 9.17) is 0 Å². The van der Waals surface area contributed by atoms with Gasteiger partial charge in [-0.2, -0.15) is 0 Å². The minimum atomic E-state index is -0.707. The fraction of sp³-hybridized carbons (Fsp3) is 0.238. The van der Waals surface area contributed by atoms with Gasteiger partial charge in [0.15, 0.2) is 0 Å². The first-order valence-corrected chi connectivity index (χ1v) is 10.5. The molecule has 2 heterocycles. The van der Waals surface area contributed by atoms with Gasteiger partial charge in [-0.1, -0.05) is 29.5 Å². The molecule has 1 fully saturated rings. The predicted octanol–water partition coefficient (Wildman–Crippen LogP) is 4.48. The van der Waals surface area contributed by atoms with Crippen molar-refractivity contribution in [3.63, 3.8) is 0 Å². The number of anilines is 2. The molecule has 1 aliphatic rings. The van der Waals surface area contributed by atoms with Gasteiger partial charge in [-0.3, -0.25) is 4.79 Å². The van der Waals surface area contributed by atoms with Crippen LogP contribution in [0, 0.1) is 11.6 Å². The summed E-state index contributed by atoms with van der Waals surface area (Å²) in [6.07, 6.45) is 1.50. The number of carbonyl (C=O) groups is 2. The third-order valence-electron chi connectivity index (χ3n) is 4.89. The van der Waals surface area contributed by atoms with Crippen molar-refractivity contribution in [2.75, 3.05) is 23.7 Å². The van der Waals surface area contributed by atoms with Crippen LogP contribution in [0.2, 0.25) is 0 Å². The molecule has 31 heavy (non-hydrogen) atoms. The minimum Gasteiger partial charge on any atom is -0.324 e. The number of rotatable bonds is 4. The van der Waals surface area contributed by atoms with Crippen LogP contribution in [-0.2, 0) is 0 Å². The Balaban J connectivity index is 1.40. The summed E-state index contributed by atoms with van der Waals surface area (Å²) in [6, 6.07) is 11.4. The van der Waals surface area contributed by atoms with Crippen LogP contribution >= 0.6 is 11.3 Å². The summed E-state index contributed by atoms with van der Waals surface area (Å²) in [6.45, 7) is 0.830. The number of nitrogens with one attached hydrogen (secondary N) is 2. The summed E-state index contributed by atoms with van der Waals surface area (Å²) < 4.78 is 27.2. The fourth-order valence-corrected chi connectivity index (χ4v) is 4.21. The third-order valence-corrected chi connectivity index (χ3v) is 5.98. The summed E-state index contributed by atoms with van der Waals surface area (Å²) in [5.74, 6) is -1.78. The van der Waals surface area contributed by atoms with Gasteiger partial charge in [0, 0.05) is 30.8 Å². The van der Waals surface area contributed by atoms with Gasteiger partial charge in [0.1, 0.15) is 16.6 Å². The van der Waals surface area contributed by atoms with Crippen LogP contribution in [0.15, 0.2) is 48.5 Å². The lowest BCUT2D eigenvalue weighted by atomic mass is 9.99. The molecule has 7 nitrogen and oxygen atoms in total. The molecule has 1 saturated heterocycles. The Morgan fingerprint density at radius 1 is 1.06 bits per heavy atom. The molecule has 1 atom stereocenters. The number of carbonyl (C=O) groups excluding carboxylic acids is 2. The maximum atomic E-state index is 13.8. The van der Waals surface area contributed by atoms with Gasteiger partial charge in [0.2, 0.25) is 5.01 Å². The smallest absolute Gasteiger partial charge is 0.321 e. The van der Waals surface area contributed by atoms with E-state index >= 15 is 0 Å². The van der Waals surface area contributed by atoms with E-state index in [-0.39, 0.29) is 22.5 Å². The van der Waals surface area contributed by atoms with Crippen molar-refractivity contribution in [3.05, 3.63) is 70.2 Å². The first kappa shape index (κ1) is 20.9. The lowest BCUT2D eigenvalue weighted by Crippen LogP contribution is -2.41. The van der Waals surface area contributed by atoms with Crippen LogP contribution in [0.1, 0.15) is 33.6 Å². The highest BCUT2D eigenvalue weighted by atomic mass is 32.1. The SMILES string of the molecule is O=C(Nc1ccccc1)c1nnc(C2CCCN(C(=O)Nc3cc(F)ccc3F)C2)s1. The minimum absolute atomic E-state index is 0.0902. The van der Waals surface area contributed by atoms with Gasteiger partial charge in [0.05, 0.1) is 5.69 Å². The van der Waals surface area contributed by atoms with Gasteiger partial charge in [-0.15, -0.1) is 10.2 Å². The number of amides is 3. The zero-order chi connectivity index (χ0) is 21.8. The highest BCUT2D eigenvalue weighted by molar-refractivity contribution is 7.13. The number of likely N-dealkylation sites (tertiary alicyclic amines) is 1. The molecule has 0 bridgehead atoms. The highest BCUT2D eigenvalue weighted by Gasteiger charge is 2.28. The second-order valence-corrected chi connectivity index (χ2v) is 8.11. The van der Waals surface area contributed by atoms with Gasteiger partial charge >= 0.3 is 6.03 Å². The average Bonchev–Trinajstić information content (AvgIpc) is 3.28. The Morgan fingerprint density at radius 3 is 2.68 bits per heavy atom. The molecule has 1 unspecified atom stereocenters. The number of para-hydroxylation sites is 1. The molecule has 0 radical (unpaired) electrons. The largest absolute Gasteiger partial charge is 0.324 e. The first-order chi connectivity index (χ1) is 15.0. The zero-order valence-electron chi connectivity index (χ0n) is 16.3. The van der Waals surface area contributed by atoms with Gasteiger partial charge < -0.3 is 15.5 Å². The van der Waals surface area contributed by atoms with Crippen molar-refractivity contribution in [1.82, 2.24) is 15.1 Å². The van der Waals surface area contributed by atoms with Crippen LogP contribution in [0.25, 0.3) is 0 Å². The first-order valence-electron chi connectivity index (χ1n) is 9.70. The second kappa shape index (κ2) is 9.17. The summed E-state index contributed by atoms with van der Waals surface area (Å²) in [5, 5.41) is 14.2. The Hall–Kier alpha value is -3.40. The van der Waals surface area contributed by atoms with E-state index in [1.165, 1.54) is 16.2 Å². The van der Waals surface area contributed by atoms with E-state index in [0.717, 1.165) is 31.0 Å². The van der Waals surface area contributed by atoms with Crippen LogP contribution in [0.4, 0.5) is 25.0 Å². The average molecular weight is 443 g/mol. The number of aromatic nitrogens is 2. The van der Waals surface area contributed by atoms with Crippen LogP contribution < -0.4 is 10.6 Å². The third kappa shape index (κ3) is 5.02. The molecular weight excluding hydrogens is 424 g/mol. The van der Waals surface area contributed by atoms with Crippen LogP contribution in [-0.4, -0.2) is 40.1 Å². The lowest BCUT2D eigenvalue weighted by molar-refractivity contribution is 0.102. The van der Waals surface area contributed by atoms with Crippen LogP contribution in [0.3, 0.4) is 0 Å². The monoisotopic (exact) mass is 443 g/mol. The van der Waals surface area contributed by atoms with E-state index in [1.54, 1.807) is 12.1 Å². The molecule has 4 rings (SSSR count). The van der Waals surface area contributed by atoms with Crippen molar-refractivity contribution in [2.24, 2.45) is 0 Å². The number of benzene rings is 2. The van der Waals surface area contributed by atoms with Crippen molar-refractivity contribution in [3.8, 4) is 0 Å². The number of nitrogens with zero attached hydrogens (tertiary/aromatic N) is 3. The normalized spacial score (nSPS) is 16.1. The van der Waals surface area contributed by atoms with Crippen molar-refractivity contribution >= 4 is 34.6 Å². The molecule has 2 N–H and O–H groups in total. The molecule has 0 spiro atoms. The maximum Gasteiger partial charge on any atom is 0.321 e. The molecule has 3 aromatic rings. The number of halogens is 2. The van der Waals surface area contributed by atoms with E-state index in [9.17, 15) is 18.4 Å². The Labute approximate surface area is 181 Å². The lowest BCUT2D eigenvalue weighted by Gasteiger charge is -2.31. The number of hydrogen-bond acceptors (Lipinski definition) is 5. The number of urea groups is 1. The summed E-state index contributed by atoms with van der Waals surface area (Å²) in [4.78, 5) is 26.5. The molecule has 1 aromatic heterocycles. The van der Waals surface area contributed by atoms with E-state index < -0.39 is 17.7 Å². The molecule has 10 heteroatoms. The molecule has 1 aliphatic heterocycles. The molecule has 3 amide bonds. The van der Waals surface area contributed by atoms with Crippen molar-refractivity contribution in [2.45, 2.75) is 18.8 Å². The molecule has 2 aromatic carbocycles. The molecular formula is C21H19F2N5O2S. The van der Waals surface area contributed by atoms with E-state index in [0.29, 0.717) is 23.8 Å². The Morgan fingerprint density at radius 2 is 1.87 bits per heavy atom. The van der Waals surface area contributed by atoms with Gasteiger partial charge in [-0.05, 0) is 37.1 Å². The number of piperidine rings is 1. The zero-order valence-corrected chi connectivity index (χ0v) is 17.2. The van der Waals surface area contributed by atoms with E-state index in [1.807, 2.05) is 18.2 Å². The topological polar surface area (TPSA) is 87.2 Å². The molecule has 0 saturated carbocycles. The Bertz CT molecular complexity index is 1090. The number of hydrogen-bond donors (Lipinski definition) is 2. The molecule has 160 valence electrons. The van der Waals surface area contributed by atoms with E-state index in [2.05, 4.69) is 20.8 Å². The van der Waals surface area contributed by atoms with Crippen molar-refractivity contribution in [1.29, 1.82) is 0 Å². The summed E-state index contributed by atoms with van der Waals surface area (Å²) in [5.41, 5.74) is 0.456.